The van der Waals surface area contributed by atoms with Crippen LogP contribution in [0.1, 0.15) is 27.4 Å². The van der Waals surface area contributed by atoms with Gasteiger partial charge in [0, 0.05) is 13.2 Å². The van der Waals surface area contributed by atoms with Crippen LogP contribution in [0.25, 0.3) is 11.0 Å². The van der Waals surface area contributed by atoms with E-state index in [9.17, 15) is 9.59 Å². The molecule has 1 aromatic carbocycles. The summed E-state index contributed by atoms with van der Waals surface area (Å²) in [4.78, 5) is 31.8. The molecule has 3 aromatic rings. The Hall–Kier alpha value is -3.00. The van der Waals surface area contributed by atoms with E-state index in [0.717, 1.165) is 22.2 Å². The van der Waals surface area contributed by atoms with Gasteiger partial charge in [0.1, 0.15) is 11.5 Å². The highest BCUT2D eigenvalue weighted by atomic mass is 16.5. The minimum Gasteiger partial charge on any atom is -0.383 e. The van der Waals surface area contributed by atoms with E-state index in [2.05, 4.69) is 26.4 Å². The van der Waals surface area contributed by atoms with E-state index < -0.39 is 0 Å². The Morgan fingerprint density at radius 2 is 2.12 bits per heavy atom. The Morgan fingerprint density at radius 1 is 1.31 bits per heavy atom. The van der Waals surface area contributed by atoms with Gasteiger partial charge in [0.15, 0.2) is 0 Å². The molecule has 0 aliphatic heterocycles. The van der Waals surface area contributed by atoms with Crippen LogP contribution in [0, 0.1) is 13.8 Å². The molecule has 0 unspecified atom stereocenters. The van der Waals surface area contributed by atoms with Crippen molar-refractivity contribution in [2.75, 3.05) is 13.7 Å². The summed E-state index contributed by atoms with van der Waals surface area (Å²) in [5.74, 6) is 0.291. The number of benzene rings is 1. The van der Waals surface area contributed by atoms with Gasteiger partial charge in [-0.05, 0) is 37.1 Å². The number of imidazole rings is 1. The second-order valence-corrected chi connectivity index (χ2v) is 6.12. The third kappa shape index (κ3) is 3.80. The number of rotatable bonds is 6. The van der Waals surface area contributed by atoms with Crippen LogP contribution in [0.4, 0.5) is 0 Å². The van der Waals surface area contributed by atoms with E-state index in [4.69, 9.17) is 4.74 Å². The quantitative estimate of drug-likeness (QED) is 0.694. The van der Waals surface area contributed by atoms with Crippen molar-refractivity contribution in [2.24, 2.45) is 0 Å². The number of nitrogens with one attached hydrogen (secondary N) is 2. The molecule has 0 spiro atoms. The monoisotopic (exact) mass is 355 g/mol. The van der Waals surface area contributed by atoms with Crippen molar-refractivity contribution in [1.29, 1.82) is 0 Å². The fourth-order valence-corrected chi connectivity index (χ4v) is 2.77. The number of carbonyl (C=O) groups excluding carboxylic acids is 1. The SMILES string of the molecule is COCCn1nc(C(=O)NCc2nc3c(C)cc(C)cc3[nH]2)ccc1=O. The van der Waals surface area contributed by atoms with Crippen molar-refractivity contribution < 1.29 is 9.53 Å². The van der Waals surface area contributed by atoms with Gasteiger partial charge in [-0.1, -0.05) is 6.07 Å². The van der Waals surface area contributed by atoms with Crippen molar-refractivity contribution >= 4 is 16.9 Å². The van der Waals surface area contributed by atoms with E-state index in [1.165, 1.54) is 23.9 Å². The number of ether oxygens (including phenoxy) is 1. The molecule has 2 N–H and O–H groups in total. The summed E-state index contributed by atoms with van der Waals surface area (Å²) in [6.07, 6.45) is 0. The molecule has 0 saturated carbocycles. The van der Waals surface area contributed by atoms with E-state index >= 15 is 0 Å². The lowest BCUT2D eigenvalue weighted by Gasteiger charge is -2.06. The van der Waals surface area contributed by atoms with Gasteiger partial charge in [-0.15, -0.1) is 0 Å². The number of aromatic nitrogens is 4. The first-order valence-corrected chi connectivity index (χ1v) is 8.29. The van der Waals surface area contributed by atoms with Gasteiger partial charge in [0.25, 0.3) is 11.5 Å². The highest BCUT2D eigenvalue weighted by Gasteiger charge is 2.11. The maximum atomic E-state index is 12.3. The van der Waals surface area contributed by atoms with Crippen LogP contribution in [0.2, 0.25) is 0 Å². The van der Waals surface area contributed by atoms with Crippen molar-refractivity contribution in [3.8, 4) is 0 Å². The van der Waals surface area contributed by atoms with E-state index in [0.29, 0.717) is 19.0 Å². The molecule has 0 fully saturated rings. The zero-order valence-corrected chi connectivity index (χ0v) is 15.0. The molecule has 26 heavy (non-hydrogen) atoms. The summed E-state index contributed by atoms with van der Waals surface area (Å²) < 4.78 is 6.15. The molecule has 8 heteroatoms. The lowest BCUT2D eigenvalue weighted by atomic mass is 10.1. The average molecular weight is 355 g/mol. The lowest BCUT2D eigenvalue weighted by molar-refractivity contribution is 0.0941. The Labute approximate surface area is 150 Å². The molecule has 0 saturated heterocycles. The smallest absolute Gasteiger partial charge is 0.272 e. The summed E-state index contributed by atoms with van der Waals surface area (Å²) in [5.41, 5.74) is 3.96. The van der Waals surface area contributed by atoms with Gasteiger partial charge < -0.3 is 15.0 Å². The summed E-state index contributed by atoms with van der Waals surface area (Å²) in [6, 6.07) is 6.82. The fourth-order valence-electron chi connectivity index (χ4n) is 2.77. The number of aryl methyl sites for hydroxylation is 2. The lowest BCUT2D eigenvalue weighted by Crippen LogP contribution is -2.30. The van der Waals surface area contributed by atoms with Gasteiger partial charge in [0.2, 0.25) is 0 Å². The second-order valence-electron chi connectivity index (χ2n) is 6.12. The number of aromatic amines is 1. The van der Waals surface area contributed by atoms with Gasteiger partial charge in [-0.25, -0.2) is 9.67 Å². The molecule has 136 valence electrons. The predicted octanol–water partition coefficient (Wildman–Crippen LogP) is 1.31. The number of carbonyl (C=O) groups is 1. The maximum absolute atomic E-state index is 12.3. The number of hydrogen-bond acceptors (Lipinski definition) is 5. The topological polar surface area (TPSA) is 102 Å². The van der Waals surface area contributed by atoms with Crippen LogP contribution in [0.5, 0.6) is 0 Å². The second kappa shape index (κ2) is 7.49. The summed E-state index contributed by atoms with van der Waals surface area (Å²) >= 11 is 0. The molecular formula is C18H21N5O3. The third-order valence-corrected chi connectivity index (χ3v) is 3.99. The van der Waals surface area contributed by atoms with Crippen LogP contribution >= 0.6 is 0 Å². The molecule has 8 nitrogen and oxygen atoms in total. The minimum atomic E-state index is -0.371. The van der Waals surface area contributed by atoms with E-state index in [-0.39, 0.29) is 23.7 Å². The summed E-state index contributed by atoms with van der Waals surface area (Å²) in [6.45, 7) is 4.91. The number of fused-ring (bicyclic) bond motifs is 1. The Balaban J connectivity index is 1.73. The first-order valence-electron chi connectivity index (χ1n) is 8.29. The fraction of sp³-hybridized carbons (Fsp3) is 0.333. The first kappa shape index (κ1) is 17.8. The number of H-pyrrole nitrogens is 1. The number of hydrogen-bond donors (Lipinski definition) is 2. The Bertz CT molecular complexity index is 1010. The van der Waals surface area contributed by atoms with E-state index in [1.807, 2.05) is 19.9 Å². The zero-order valence-electron chi connectivity index (χ0n) is 15.0. The van der Waals surface area contributed by atoms with Crippen LogP contribution in [-0.2, 0) is 17.8 Å². The maximum Gasteiger partial charge on any atom is 0.272 e. The summed E-state index contributed by atoms with van der Waals surface area (Å²) in [7, 11) is 1.54. The third-order valence-electron chi connectivity index (χ3n) is 3.99. The normalized spacial score (nSPS) is 11.0. The first-order chi connectivity index (χ1) is 12.5. The van der Waals surface area contributed by atoms with Crippen molar-refractivity contribution in [1.82, 2.24) is 25.1 Å². The minimum absolute atomic E-state index is 0.170. The number of nitrogens with zero attached hydrogens (tertiary/aromatic N) is 3. The molecule has 3 rings (SSSR count). The van der Waals surface area contributed by atoms with Gasteiger partial charge in [0.05, 0.1) is 30.7 Å². The molecule has 1 amide bonds. The highest BCUT2D eigenvalue weighted by molar-refractivity contribution is 5.92. The predicted molar refractivity (Wildman–Crippen MR) is 97.1 cm³/mol. The summed E-state index contributed by atoms with van der Waals surface area (Å²) in [5, 5.41) is 6.84. The van der Waals surface area contributed by atoms with Crippen molar-refractivity contribution in [3.63, 3.8) is 0 Å². The number of amides is 1. The molecular weight excluding hydrogens is 334 g/mol. The van der Waals surface area contributed by atoms with Crippen LogP contribution in [-0.4, -0.2) is 39.4 Å². The van der Waals surface area contributed by atoms with Crippen molar-refractivity contribution in [3.05, 3.63) is 57.3 Å². The molecule has 0 radical (unpaired) electrons. The largest absolute Gasteiger partial charge is 0.383 e. The van der Waals surface area contributed by atoms with Crippen molar-refractivity contribution in [2.45, 2.75) is 26.9 Å². The Morgan fingerprint density at radius 3 is 2.88 bits per heavy atom. The van der Waals surface area contributed by atoms with Gasteiger partial charge in [-0.3, -0.25) is 9.59 Å². The standard InChI is InChI=1S/C18H21N5O3/c1-11-8-12(2)17-14(9-11)20-15(21-17)10-19-18(25)13-4-5-16(24)23(22-13)6-7-26-3/h4-5,8-9H,6-7,10H2,1-3H3,(H,19,25)(H,20,21). The Kier molecular flexibility index (Phi) is 5.13. The number of methoxy groups -OCH3 is 1. The zero-order chi connectivity index (χ0) is 18.7. The van der Waals surface area contributed by atoms with Crippen LogP contribution in [0.3, 0.4) is 0 Å². The van der Waals surface area contributed by atoms with E-state index in [1.54, 1.807) is 0 Å². The molecule has 0 aliphatic rings. The molecule has 2 heterocycles. The highest BCUT2D eigenvalue weighted by Crippen LogP contribution is 2.18. The molecule has 0 atom stereocenters. The molecule has 2 aromatic heterocycles. The van der Waals surface area contributed by atoms with Gasteiger partial charge in [-0.2, -0.15) is 5.10 Å². The average Bonchev–Trinajstić information content (AvgIpc) is 3.02. The van der Waals surface area contributed by atoms with Gasteiger partial charge >= 0.3 is 0 Å². The molecule has 0 aliphatic carbocycles. The van der Waals surface area contributed by atoms with Crippen LogP contribution < -0.4 is 10.9 Å². The molecule has 0 bridgehead atoms. The van der Waals surface area contributed by atoms with Crippen LogP contribution in [0.15, 0.2) is 29.1 Å².